The fraction of sp³-hybridized carbons (Fsp3) is 0.692. The van der Waals surface area contributed by atoms with Gasteiger partial charge in [-0.1, -0.05) is 0 Å². The molecule has 2 fully saturated rings. The highest BCUT2D eigenvalue weighted by atomic mass is 16.6. The Bertz CT molecular complexity index is 469. The maximum absolute atomic E-state index is 10.7. The molecule has 1 aromatic heterocycles. The van der Waals surface area contributed by atoms with E-state index in [0.717, 1.165) is 19.5 Å². The molecule has 0 aromatic carbocycles. The molecule has 2 atom stereocenters. The van der Waals surface area contributed by atoms with Crippen molar-refractivity contribution in [1.29, 1.82) is 0 Å². The monoisotopic (exact) mass is 265 g/mol. The van der Waals surface area contributed by atoms with Gasteiger partial charge in [0.2, 0.25) is 0 Å². The minimum Gasteiger partial charge on any atom is -0.404 e. The number of nitro groups is 1. The van der Waals surface area contributed by atoms with Crippen LogP contribution in [0.1, 0.15) is 31.1 Å². The summed E-state index contributed by atoms with van der Waals surface area (Å²) in [6.45, 7) is 1.98. The first kappa shape index (κ1) is 12.6. The zero-order chi connectivity index (χ0) is 13.4. The molecule has 0 radical (unpaired) electrons. The highest BCUT2D eigenvalue weighted by Crippen LogP contribution is 2.38. The maximum atomic E-state index is 10.7. The van der Waals surface area contributed by atoms with Crippen LogP contribution in [0.2, 0.25) is 0 Å². The van der Waals surface area contributed by atoms with Crippen molar-refractivity contribution in [2.45, 2.75) is 31.3 Å². The summed E-state index contributed by atoms with van der Waals surface area (Å²) in [5.74, 6) is 1.02. The maximum Gasteiger partial charge on any atom is 0.433 e. The van der Waals surface area contributed by atoms with Crippen LogP contribution < -0.4 is 5.32 Å². The van der Waals surface area contributed by atoms with Crippen LogP contribution in [0.4, 0.5) is 5.88 Å². The molecule has 3 rings (SSSR count). The van der Waals surface area contributed by atoms with Gasteiger partial charge in [0.1, 0.15) is 10.7 Å². The number of likely N-dealkylation sites (tertiary alicyclic amines) is 1. The zero-order valence-electron chi connectivity index (χ0n) is 11.0. The van der Waals surface area contributed by atoms with Crippen LogP contribution >= 0.6 is 0 Å². The Morgan fingerprint density at radius 1 is 1.47 bits per heavy atom. The molecule has 2 unspecified atom stereocenters. The quantitative estimate of drug-likeness (QED) is 0.650. The van der Waals surface area contributed by atoms with Crippen molar-refractivity contribution in [3.8, 4) is 0 Å². The Labute approximate surface area is 111 Å². The number of furan rings is 1. The summed E-state index contributed by atoms with van der Waals surface area (Å²) < 4.78 is 5.38. The third-order valence-electron chi connectivity index (χ3n) is 4.10. The number of hydrogen-bond donors (Lipinski definition) is 1. The average molecular weight is 265 g/mol. The lowest BCUT2D eigenvalue weighted by Gasteiger charge is -2.23. The summed E-state index contributed by atoms with van der Waals surface area (Å²) in [4.78, 5) is 12.4. The van der Waals surface area contributed by atoms with Crippen LogP contribution in [0.5, 0.6) is 0 Å². The van der Waals surface area contributed by atoms with Crippen LogP contribution in [-0.2, 0) is 0 Å². The largest absolute Gasteiger partial charge is 0.433 e. The van der Waals surface area contributed by atoms with Gasteiger partial charge in [-0.2, -0.15) is 0 Å². The van der Waals surface area contributed by atoms with E-state index in [1.807, 2.05) is 0 Å². The molecule has 1 aliphatic carbocycles. The van der Waals surface area contributed by atoms with Crippen molar-refractivity contribution in [2.75, 3.05) is 20.1 Å². The molecule has 1 N–H and O–H groups in total. The summed E-state index contributed by atoms with van der Waals surface area (Å²) in [5.41, 5.74) is 0. The average Bonchev–Trinajstić information content (AvgIpc) is 2.94. The van der Waals surface area contributed by atoms with Crippen LogP contribution in [0.15, 0.2) is 16.5 Å². The smallest absolute Gasteiger partial charge is 0.404 e. The van der Waals surface area contributed by atoms with Gasteiger partial charge in [-0.05, 0) is 44.8 Å². The molecule has 19 heavy (non-hydrogen) atoms. The lowest BCUT2D eigenvalue weighted by Crippen LogP contribution is -2.29. The van der Waals surface area contributed by atoms with Gasteiger partial charge in [-0.25, -0.2) is 0 Å². The lowest BCUT2D eigenvalue weighted by atomic mass is 9.98. The fourth-order valence-corrected chi connectivity index (χ4v) is 2.89. The summed E-state index contributed by atoms with van der Waals surface area (Å²) >= 11 is 0. The van der Waals surface area contributed by atoms with Gasteiger partial charge in [0, 0.05) is 12.6 Å². The van der Waals surface area contributed by atoms with Crippen LogP contribution in [0.25, 0.3) is 0 Å². The van der Waals surface area contributed by atoms with E-state index in [4.69, 9.17) is 4.42 Å². The molecule has 1 saturated heterocycles. The molecule has 1 saturated carbocycles. The van der Waals surface area contributed by atoms with Gasteiger partial charge >= 0.3 is 5.88 Å². The topological polar surface area (TPSA) is 71.5 Å². The Balaban J connectivity index is 1.72. The number of hydrogen-bond acceptors (Lipinski definition) is 5. The van der Waals surface area contributed by atoms with Gasteiger partial charge in [0.05, 0.1) is 12.1 Å². The Morgan fingerprint density at radius 3 is 2.89 bits per heavy atom. The predicted molar refractivity (Wildman–Crippen MR) is 69.9 cm³/mol. The predicted octanol–water partition coefficient (Wildman–Crippen LogP) is 1.93. The number of nitrogens with zero attached hydrogens (tertiary/aromatic N) is 2. The molecule has 0 spiro atoms. The van der Waals surface area contributed by atoms with Crippen molar-refractivity contribution in [2.24, 2.45) is 5.92 Å². The van der Waals surface area contributed by atoms with E-state index in [1.54, 1.807) is 6.07 Å². The highest BCUT2D eigenvalue weighted by molar-refractivity contribution is 5.21. The Morgan fingerprint density at radius 2 is 2.26 bits per heavy atom. The van der Waals surface area contributed by atoms with Crippen molar-refractivity contribution in [1.82, 2.24) is 10.2 Å². The first-order valence-electron chi connectivity index (χ1n) is 6.83. The molecule has 2 aliphatic rings. The Hall–Kier alpha value is -1.40. The van der Waals surface area contributed by atoms with E-state index >= 15 is 0 Å². The van der Waals surface area contributed by atoms with Gasteiger partial charge in [-0.3, -0.25) is 15.0 Å². The summed E-state index contributed by atoms with van der Waals surface area (Å²) in [7, 11) is 2.05. The first-order chi connectivity index (χ1) is 9.15. The van der Waals surface area contributed by atoms with Gasteiger partial charge in [-0.15, -0.1) is 0 Å². The van der Waals surface area contributed by atoms with Crippen LogP contribution in [-0.4, -0.2) is 36.0 Å². The summed E-state index contributed by atoms with van der Waals surface area (Å²) in [6.07, 6.45) is 3.66. The molecular weight excluding hydrogens is 246 g/mol. The third-order valence-corrected chi connectivity index (χ3v) is 4.10. The summed E-state index contributed by atoms with van der Waals surface area (Å²) in [5, 5.41) is 14.2. The lowest BCUT2D eigenvalue weighted by molar-refractivity contribution is -0.402. The van der Waals surface area contributed by atoms with Crippen LogP contribution in [0, 0.1) is 16.0 Å². The molecular formula is C13H19N3O3. The molecule has 6 nitrogen and oxygen atoms in total. The van der Waals surface area contributed by atoms with Crippen LogP contribution in [0.3, 0.4) is 0 Å². The van der Waals surface area contributed by atoms with E-state index in [2.05, 4.69) is 17.3 Å². The van der Waals surface area contributed by atoms with Crippen molar-refractivity contribution < 1.29 is 9.34 Å². The number of rotatable bonds is 5. The van der Waals surface area contributed by atoms with E-state index in [-0.39, 0.29) is 11.9 Å². The molecule has 0 amide bonds. The minimum atomic E-state index is -0.476. The fourth-order valence-electron chi connectivity index (χ4n) is 2.89. The molecule has 6 heteroatoms. The minimum absolute atomic E-state index is 0.153. The van der Waals surface area contributed by atoms with E-state index in [9.17, 15) is 10.1 Å². The molecule has 2 heterocycles. The van der Waals surface area contributed by atoms with Gasteiger partial charge < -0.3 is 9.73 Å². The van der Waals surface area contributed by atoms with E-state index < -0.39 is 4.92 Å². The SMILES string of the molecule is CN1CCC(CNC2CC2)C1c1ccc([N+](=O)[O-])o1. The second kappa shape index (κ2) is 4.94. The zero-order valence-corrected chi connectivity index (χ0v) is 11.0. The standard InChI is InChI=1S/C13H19N3O3/c1-15-7-6-9(8-14-10-2-3-10)13(15)11-4-5-12(19-11)16(17)18/h4-5,9-10,13-14H,2-3,6-8H2,1H3. The van der Waals surface area contributed by atoms with Gasteiger partial charge in [0.25, 0.3) is 0 Å². The molecule has 104 valence electrons. The Kier molecular flexibility index (Phi) is 3.28. The third kappa shape index (κ3) is 2.64. The molecule has 1 aliphatic heterocycles. The normalized spacial score (nSPS) is 27.8. The molecule has 1 aromatic rings. The van der Waals surface area contributed by atoms with Crippen molar-refractivity contribution in [3.05, 3.63) is 28.0 Å². The highest BCUT2D eigenvalue weighted by Gasteiger charge is 2.36. The summed E-state index contributed by atoms with van der Waals surface area (Å²) in [6, 6.07) is 4.04. The van der Waals surface area contributed by atoms with Crippen molar-refractivity contribution in [3.63, 3.8) is 0 Å². The van der Waals surface area contributed by atoms with E-state index in [1.165, 1.54) is 18.9 Å². The second-order valence-corrected chi connectivity index (χ2v) is 5.59. The van der Waals surface area contributed by atoms with Gasteiger partial charge in [0.15, 0.2) is 0 Å². The van der Waals surface area contributed by atoms with Crippen molar-refractivity contribution >= 4 is 5.88 Å². The molecule has 0 bridgehead atoms. The second-order valence-electron chi connectivity index (χ2n) is 5.59. The first-order valence-corrected chi connectivity index (χ1v) is 6.83. The number of nitrogens with one attached hydrogen (secondary N) is 1. The van der Waals surface area contributed by atoms with E-state index in [0.29, 0.717) is 17.7 Å².